The van der Waals surface area contributed by atoms with Crippen LogP contribution >= 0.6 is 27.5 Å². The number of halogens is 1. The number of nitrogens with one attached hydrogen (secondary N) is 1. The van der Waals surface area contributed by atoms with E-state index in [-0.39, 0.29) is 6.04 Å². The van der Waals surface area contributed by atoms with Crippen LogP contribution in [0, 0.1) is 0 Å². The van der Waals surface area contributed by atoms with Gasteiger partial charge in [0, 0.05) is 7.05 Å². The molecule has 1 unspecified atom stereocenters. The van der Waals surface area contributed by atoms with E-state index in [0.29, 0.717) is 0 Å². The molecule has 1 atom stereocenters. The summed E-state index contributed by atoms with van der Waals surface area (Å²) in [5, 5.41) is 11.8. The smallest absolute Gasteiger partial charge is 0.0886 e. The number of nitrogens with zero attached hydrogens (tertiary/aromatic N) is 4. The van der Waals surface area contributed by atoms with Crippen molar-refractivity contribution in [1.82, 2.24) is 24.7 Å². The summed E-state index contributed by atoms with van der Waals surface area (Å²) in [5.41, 5.74) is 2.18. The van der Waals surface area contributed by atoms with Gasteiger partial charge < -0.3 is 5.32 Å². The Morgan fingerprint density at radius 1 is 1.56 bits per heavy atom. The zero-order valence-corrected chi connectivity index (χ0v) is 13.0. The highest BCUT2D eigenvalue weighted by Gasteiger charge is 2.24. The summed E-state index contributed by atoms with van der Waals surface area (Å²) >= 11 is 5.00. The van der Waals surface area contributed by atoms with Crippen molar-refractivity contribution in [3.63, 3.8) is 0 Å². The Hall–Kier alpha value is -0.790. The predicted molar refractivity (Wildman–Crippen MR) is 75.7 cm³/mol. The molecule has 0 aliphatic rings. The van der Waals surface area contributed by atoms with Crippen molar-refractivity contribution in [2.75, 3.05) is 7.05 Å². The van der Waals surface area contributed by atoms with Crippen LogP contribution in [0.5, 0.6) is 0 Å². The molecule has 0 fully saturated rings. The van der Waals surface area contributed by atoms with E-state index in [1.807, 2.05) is 25.0 Å². The van der Waals surface area contributed by atoms with Gasteiger partial charge in [-0.05, 0) is 40.9 Å². The Morgan fingerprint density at radius 3 is 2.89 bits per heavy atom. The highest BCUT2D eigenvalue weighted by Crippen LogP contribution is 2.31. The van der Waals surface area contributed by atoms with Crippen molar-refractivity contribution in [1.29, 1.82) is 0 Å². The molecule has 2 aromatic rings. The van der Waals surface area contributed by atoms with Gasteiger partial charge in [0.25, 0.3) is 0 Å². The fourth-order valence-electron chi connectivity index (χ4n) is 1.98. The van der Waals surface area contributed by atoms with Crippen LogP contribution in [0.3, 0.4) is 0 Å². The Bertz CT molecular complexity index is 502. The van der Waals surface area contributed by atoms with Gasteiger partial charge in [-0.3, -0.25) is 4.68 Å². The lowest BCUT2D eigenvalue weighted by molar-refractivity contribution is 0.604. The van der Waals surface area contributed by atoms with Gasteiger partial charge in [-0.15, -0.1) is 5.10 Å². The molecule has 18 heavy (non-hydrogen) atoms. The SMILES string of the molecule is CCCc1nnsc1C(NC)c1c(Br)cnn1C. The van der Waals surface area contributed by atoms with Crippen LogP contribution in [-0.2, 0) is 13.5 Å². The third kappa shape index (κ3) is 2.48. The first-order valence-electron chi connectivity index (χ1n) is 5.84. The molecule has 0 saturated carbocycles. The molecule has 0 aliphatic heterocycles. The molecule has 0 bridgehead atoms. The first-order valence-corrected chi connectivity index (χ1v) is 7.41. The highest BCUT2D eigenvalue weighted by molar-refractivity contribution is 9.10. The molecule has 0 aromatic carbocycles. The van der Waals surface area contributed by atoms with Gasteiger partial charge in [0.05, 0.1) is 33.0 Å². The molecular weight excluding hydrogens is 314 g/mol. The maximum atomic E-state index is 4.26. The number of aromatic nitrogens is 4. The summed E-state index contributed by atoms with van der Waals surface area (Å²) in [6.07, 6.45) is 3.84. The molecule has 0 radical (unpaired) electrons. The summed E-state index contributed by atoms with van der Waals surface area (Å²) in [6, 6.07) is 0.0772. The van der Waals surface area contributed by atoms with Gasteiger partial charge in [0.2, 0.25) is 0 Å². The quantitative estimate of drug-likeness (QED) is 0.914. The molecule has 98 valence electrons. The summed E-state index contributed by atoms with van der Waals surface area (Å²) in [5.74, 6) is 0. The average molecular weight is 330 g/mol. The van der Waals surface area contributed by atoms with E-state index in [9.17, 15) is 0 Å². The lowest BCUT2D eigenvalue weighted by Gasteiger charge is -2.16. The van der Waals surface area contributed by atoms with Crippen LogP contribution in [0.4, 0.5) is 0 Å². The number of hydrogen-bond acceptors (Lipinski definition) is 5. The van der Waals surface area contributed by atoms with E-state index in [2.05, 4.69) is 42.9 Å². The minimum Gasteiger partial charge on any atom is -0.307 e. The summed E-state index contributed by atoms with van der Waals surface area (Å²) in [4.78, 5) is 1.17. The first kappa shape index (κ1) is 13.6. The van der Waals surface area contributed by atoms with E-state index in [4.69, 9.17) is 0 Å². The number of rotatable bonds is 5. The van der Waals surface area contributed by atoms with Crippen molar-refractivity contribution >= 4 is 27.5 Å². The molecule has 1 N–H and O–H groups in total. The Labute approximate surface area is 119 Å². The van der Waals surface area contributed by atoms with Crippen molar-refractivity contribution in [2.45, 2.75) is 25.8 Å². The van der Waals surface area contributed by atoms with E-state index in [0.717, 1.165) is 28.7 Å². The largest absolute Gasteiger partial charge is 0.307 e. The van der Waals surface area contributed by atoms with Gasteiger partial charge in [-0.2, -0.15) is 5.10 Å². The standard InChI is InChI=1S/C11H16BrN5S/c1-4-5-8-11(18-16-15-8)9(13-2)10-7(12)6-14-17(10)3/h6,9,13H,4-5H2,1-3H3. The highest BCUT2D eigenvalue weighted by atomic mass is 79.9. The minimum absolute atomic E-state index is 0.0772. The second-order valence-electron chi connectivity index (χ2n) is 4.06. The van der Waals surface area contributed by atoms with Crippen LogP contribution in [0.25, 0.3) is 0 Å². The molecular formula is C11H16BrN5S. The van der Waals surface area contributed by atoms with Crippen molar-refractivity contribution in [2.24, 2.45) is 7.05 Å². The molecule has 0 amide bonds. The molecule has 0 spiro atoms. The van der Waals surface area contributed by atoms with Crippen molar-refractivity contribution < 1.29 is 0 Å². The fraction of sp³-hybridized carbons (Fsp3) is 0.545. The molecule has 5 nitrogen and oxygen atoms in total. The fourth-order valence-corrected chi connectivity index (χ4v) is 3.37. The maximum Gasteiger partial charge on any atom is 0.0886 e. The van der Waals surface area contributed by atoms with Crippen LogP contribution in [0.15, 0.2) is 10.7 Å². The predicted octanol–water partition coefficient (Wildman–Crippen LogP) is 2.30. The second-order valence-corrected chi connectivity index (χ2v) is 5.70. The summed E-state index contributed by atoms with van der Waals surface area (Å²) < 4.78 is 6.96. The zero-order chi connectivity index (χ0) is 13.1. The molecule has 0 saturated heterocycles. The van der Waals surface area contributed by atoms with Gasteiger partial charge in [-0.1, -0.05) is 17.8 Å². The third-order valence-electron chi connectivity index (χ3n) is 2.83. The molecule has 2 heterocycles. The number of aryl methyl sites for hydroxylation is 2. The van der Waals surface area contributed by atoms with E-state index >= 15 is 0 Å². The van der Waals surface area contributed by atoms with Crippen molar-refractivity contribution in [3.8, 4) is 0 Å². The second kappa shape index (κ2) is 5.90. The molecule has 2 aromatic heterocycles. The summed E-state index contributed by atoms with van der Waals surface area (Å²) in [7, 11) is 3.89. The van der Waals surface area contributed by atoms with E-state index in [1.54, 1.807) is 0 Å². The molecule has 2 rings (SSSR count). The van der Waals surface area contributed by atoms with E-state index in [1.165, 1.54) is 16.4 Å². The average Bonchev–Trinajstić information content (AvgIpc) is 2.92. The van der Waals surface area contributed by atoms with Gasteiger partial charge in [-0.25, -0.2) is 0 Å². The van der Waals surface area contributed by atoms with Gasteiger partial charge >= 0.3 is 0 Å². The van der Waals surface area contributed by atoms with Crippen LogP contribution in [-0.4, -0.2) is 26.4 Å². The maximum absolute atomic E-state index is 4.26. The molecule has 0 aliphatic carbocycles. The van der Waals surface area contributed by atoms with Crippen LogP contribution < -0.4 is 5.32 Å². The van der Waals surface area contributed by atoms with Gasteiger partial charge in [0.15, 0.2) is 0 Å². The minimum atomic E-state index is 0.0772. The Kier molecular flexibility index (Phi) is 4.47. The lowest BCUT2D eigenvalue weighted by Crippen LogP contribution is -2.21. The van der Waals surface area contributed by atoms with Crippen molar-refractivity contribution in [3.05, 3.63) is 26.9 Å². The lowest BCUT2D eigenvalue weighted by atomic mass is 10.1. The zero-order valence-electron chi connectivity index (χ0n) is 10.6. The van der Waals surface area contributed by atoms with Crippen LogP contribution in [0.1, 0.15) is 35.7 Å². The topological polar surface area (TPSA) is 55.6 Å². The third-order valence-corrected chi connectivity index (χ3v) is 4.28. The summed E-state index contributed by atoms with van der Waals surface area (Å²) in [6.45, 7) is 2.15. The monoisotopic (exact) mass is 329 g/mol. The number of hydrogen-bond donors (Lipinski definition) is 1. The normalized spacial score (nSPS) is 12.9. The van der Waals surface area contributed by atoms with Gasteiger partial charge in [0.1, 0.15) is 0 Å². The Balaban J connectivity index is 2.42. The molecule has 7 heteroatoms. The Morgan fingerprint density at radius 2 is 2.33 bits per heavy atom. The van der Waals surface area contributed by atoms with Crippen LogP contribution in [0.2, 0.25) is 0 Å². The van der Waals surface area contributed by atoms with E-state index < -0.39 is 0 Å². The first-order chi connectivity index (χ1) is 8.69.